The maximum atomic E-state index is 6.03. The van der Waals surface area contributed by atoms with Crippen molar-refractivity contribution in [3.63, 3.8) is 0 Å². The van der Waals surface area contributed by atoms with Gasteiger partial charge >= 0.3 is 0 Å². The molecule has 0 spiro atoms. The van der Waals surface area contributed by atoms with E-state index in [0.717, 1.165) is 37.3 Å². The van der Waals surface area contributed by atoms with Crippen LogP contribution in [-0.2, 0) is 11.2 Å². The SMILES string of the molecule is CCNC(Cc1cccnc1N)C1(OC)CCC(C)CC1. The van der Waals surface area contributed by atoms with Crippen LogP contribution in [0.2, 0.25) is 0 Å². The Kier molecular flexibility index (Phi) is 5.59. The van der Waals surface area contributed by atoms with Gasteiger partial charge in [-0.05, 0) is 56.2 Å². The number of ether oxygens (including phenoxy) is 1. The normalized spacial score (nSPS) is 27.5. The number of anilines is 1. The maximum absolute atomic E-state index is 6.03. The second-order valence-corrected chi connectivity index (χ2v) is 6.31. The second-order valence-electron chi connectivity index (χ2n) is 6.31. The minimum atomic E-state index is -0.0786. The molecule has 0 aromatic carbocycles. The highest BCUT2D eigenvalue weighted by molar-refractivity contribution is 5.39. The molecule has 0 amide bonds. The zero-order valence-corrected chi connectivity index (χ0v) is 13.6. The van der Waals surface area contributed by atoms with Crippen molar-refractivity contribution < 1.29 is 4.74 Å². The number of likely N-dealkylation sites (N-methyl/N-ethyl adjacent to an activating group) is 1. The number of methoxy groups -OCH3 is 1. The van der Waals surface area contributed by atoms with Crippen molar-refractivity contribution in [1.82, 2.24) is 10.3 Å². The van der Waals surface area contributed by atoms with Gasteiger partial charge in [-0.1, -0.05) is 19.9 Å². The van der Waals surface area contributed by atoms with Crippen LogP contribution in [0.5, 0.6) is 0 Å². The molecule has 4 heteroatoms. The Morgan fingerprint density at radius 3 is 2.76 bits per heavy atom. The van der Waals surface area contributed by atoms with Crippen LogP contribution in [0.25, 0.3) is 0 Å². The van der Waals surface area contributed by atoms with Crippen LogP contribution in [0.15, 0.2) is 18.3 Å². The van der Waals surface area contributed by atoms with Crippen LogP contribution >= 0.6 is 0 Å². The number of rotatable bonds is 6. The first-order valence-corrected chi connectivity index (χ1v) is 8.09. The van der Waals surface area contributed by atoms with Crippen LogP contribution in [0.1, 0.15) is 45.1 Å². The number of aromatic nitrogens is 1. The number of nitrogen functional groups attached to an aromatic ring is 1. The summed E-state index contributed by atoms with van der Waals surface area (Å²) in [7, 11) is 1.85. The molecule has 1 aliphatic rings. The van der Waals surface area contributed by atoms with E-state index in [1.165, 1.54) is 12.8 Å². The monoisotopic (exact) mass is 291 g/mol. The van der Waals surface area contributed by atoms with Crippen molar-refractivity contribution in [2.24, 2.45) is 5.92 Å². The van der Waals surface area contributed by atoms with Gasteiger partial charge < -0.3 is 15.8 Å². The number of hydrogen-bond donors (Lipinski definition) is 2. The Bertz CT molecular complexity index is 441. The molecule has 4 nitrogen and oxygen atoms in total. The summed E-state index contributed by atoms with van der Waals surface area (Å²) in [4.78, 5) is 4.21. The third-order valence-corrected chi connectivity index (χ3v) is 4.96. The molecule has 0 radical (unpaired) electrons. The summed E-state index contributed by atoms with van der Waals surface area (Å²) in [6.45, 7) is 5.42. The molecule has 1 fully saturated rings. The molecule has 0 bridgehead atoms. The van der Waals surface area contributed by atoms with E-state index in [4.69, 9.17) is 10.5 Å². The first kappa shape index (κ1) is 16.2. The predicted molar refractivity (Wildman–Crippen MR) is 87.2 cm³/mol. The van der Waals surface area contributed by atoms with E-state index >= 15 is 0 Å². The molecule has 118 valence electrons. The molecule has 1 atom stereocenters. The Labute approximate surface area is 128 Å². The van der Waals surface area contributed by atoms with Crippen molar-refractivity contribution in [3.8, 4) is 0 Å². The average Bonchev–Trinajstić information content (AvgIpc) is 2.50. The first-order chi connectivity index (χ1) is 10.1. The number of nitrogens with one attached hydrogen (secondary N) is 1. The summed E-state index contributed by atoms with van der Waals surface area (Å²) < 4.78 is 6.03. The fourth-order valence-corrected chi connectivity index (χ4v) is 3.48. The average molecular weight is 291 g/mol. The van der Waals surface area contributed by atoms with Crippen LogP contribution in [0.4, 0.5) is 5.82 Å². The fraction of sp³-hybridized carbons (Fsp3) is 0.706. The zero-order valence-electron chi connectivity index (χ0n) is 13.6. The van der Waals surface area contributed by atoms with Crippen LogP contribution in [0, 0.1) is 5.92 Å². The third kappa shape index (κ3) is 3.74. The molecule has 1 saturated carbocycles. The number of pyridine rings is 1. The van der Waals surface area contributed by atoms with E-state index in [0.29, 0.717) is 5.82 Å². The molecular formula is C17H29N3O. The predicted octanol–water partition coefficient (Wildman–Crippen LogP) is 2.78. The molecule has 2 rings (SSSR count). The molecule has 3 N–H and O–H groups in total. The Hall–Kier alpha value is -1.13. The van der Waals surface area contributed by atoms with Crippen LogP contribution < -0.4 is 11.1 Å². The summed E-state index contributed by atoms with van der Waals surface area (Å²) in [5, 5.41) is 3.63. The highest BCUT2D eigenvalue weighted by Crippen LogP contribution is 2.38. The topological polar surface area (TPSA) is 60.2 Å². The maximum Gasteiger partial charge on any atom is 0.126 e. The van der Waals surface area contributed by atoms with Gasteiger partial charge in [0.2, 0.25) is 0 Å². The summed E-state index contributed by atoms with van der Waals surface area (Å²) in [6, 6.07) is 4.31. The largest absolute Gasteiger partial charge is 0.383 e. The highest BCUT2D eigenvalue weighted by Gasteiger charge is 2.41. The zero-order chi connectivity index (χ0) is 15.3. The van der Waals surface area contributed by atoms with E-state index in [2.05, 4.69) is 30.2 Å². The first-order valence-electron chi connectivity index (χ1n) is 8.09. The van der Waals surface area contributed by atoms with Gasteiger partial charge in [-0.25, -0.2) is 4.98 Å². The van der Waals surface area contributed by atoms with E-state index in [9.17, 15) is 0 Å². The minimum Gasteiger partial charge on any atom is -0.383 e. The van der Waals surface area contributed by atoms with Gasteiger partial charge in [0.25, 0.3) is 0 Å². The molecule has 0 aliphatic heterocycles. The minimum absolute atomic E-state index is 0.0786. The number of hydrogen-bond acceptors (Lipinski definition) is 4. The lowest BCUT2D eigenvalue weighted by Crippen LogP contribution is -2.55. The summed E-state index contributed by atoms with van der Waals surface area (Å²) in [5.74, 6) is 1.44. The van der Waals surface area contributed by atoms with Crippen molar-refractivity contribution in [2.45, 2.75) is 57.6 Å². The van der Waals surface area contributed by atoms with Crippen molar-refractivity contribution >= 4 is 5.82 Å². The lowest BCUT2D eigenvalue weighted by molar-refractivity contribution is -0.0742. The standard InChI is InChI=1S/C17H29N3O/c1-4-19-15(12-14-6-5-11-20-16(14)18)17(21-3)9-7-13(2)8-10-17/h5-6,11,13,15,19H,4,7-10,12H2,1-3H3,(H2,18,20). The molecule has 1 unspecified atom stereocenters. The van der Waals surface area contributed by atoms with Crippen molar-refractivity contribution in [1.29, 1.82) is 0 Å². The Morgan fingerprint density at radius 1 is 1.48 bits per heavy atom. The van der Waals surface area contributed by atoms with Gasteiger partial charge in [0.1, 0.15) is 5.82 Å². The van der Waals surface area contributed by atoms with Crippen molar-refractivity contribution in [2.75, 3.05) is 19.4 Å². The molecule has 1 aliphatic carbocycles. The Morgan fingerprint density at radius 2 is 2.19 bits per heavy atom. The fourth-order valence-electron chi connectivity index (χ4n) is 3.48. The molecular weight excluding hydrogens is 262 g/mol. The van der Waals surface area contributed by atoms with Gasteiger partial charge in [0.15, 0.2) is 0 Å². The molecule has 1 heterocycles. The second kappa shape index (κ2) is 7.23. The van der Waals surface area contributed by atoms with E-state index in [1.54, 1.807) is 6.20 Å². The van der Waals surface area contributed by atoms with Crippen molar-refractivity contribution in [3.05, 3.63) is 23.9 Å². The Balaban J connectivity index is 2.18. The summed E-state index contributed by atoms with van der Waals surface area (Å²) in [5.41, 5.74) is 7.05. The lowest BCUT2D eigenvalue weighted by Gasteiger charge is -2.44. The molecule has 1 aromatic heterocycles. The van der Waals surface area contributed by atoms with E-state index < -0.39 is 0 Å². The van der Waals surface area contributed by atoms with E-state index in [1.807, 2.05) is 13.2 Å². The van der Waals surface area contributed by atoms with E-state index in [-0.39, 0.29) is 11.6 Å². The van der Waals surface area contributed by atoms with Gasteiger partial charge in [-0.2, -0.15) is 0 Å². The summed E-state index contributed by atoms with van der Waals surface area (Å²) in [6.07, 6.45) is 7.31. The number of nitrogens with two attached hydrogens (primary N) is 1. The van der Waals surface area contributed by atoms with Gasteiger partial charge in [-0.15, -0.1) is 0 Å². The lowest BCUT2D eigenvalue weighted by atomic mass is 9.73. The van der Waals surface area contributed by atoms with Gasteiger partial charge in [0.05, 0.1) is 5.60 Å². The molecule has 1 aromatic rings. The van der Waals surface area contributed by atoms with Gasteiger partial charge in [0, 0.05) is 19.3 Å². The quantitative estimate of drug-likeness (QED) is 0.846. The van der Waals surface area contributed by atoms with Crippen LogP contribution in [-0.4, -0.2) is 30.3 Å². The summed E-state index contributed by atoms with van der Waals surface area (Å²) >= 11 is 0. The highest BCUT2D eigenvalue weighted by atomic mass is 16.5. The van der Waals surface area contributed by atoms with Gasteiger partial charge in [-0.3, -0.25) is 0 Å². The van der Waals surface area contributed by atoms with Crippen LogP contribution in [0.3, 0.4) is 0 Å². The number of nitrogens with zero attached hydrogens (tertiary/aromatic N) is 1. The molecule has 0 saturated heterocycles. The third-order valence-electron chi connectivity index (χ3n) is 4.96. The smallest absolute Gasteiger partial charge is 0.126 e. The molecule has 21 heavy (non-hydrogen) atoms.